The van der Waals surface area contributed by atoms with E-state index in [4.69, 9.17) is 0 Å². The van der Waals surface area contributed by atoms with Gasteiger partial charge in [-0.3, -0.25) is 9.36 Å². The fraction of sp³-hybridized carbons (Fsp3) is 0.500. The van der Waals surface area contributed by atoms with Crippen molar-refractivity contribution in [2.75, 3.05) is 6.54 Å². The first-order valence-electron chi connectivity index (χ1n) is 5.95. The number of rotatable bonds is 5. The molecule has 0 aliphatic rings. The summed E-state index contributed by atoms with van der Waals surface area (Å²) in [6, 6.07) is 2.05. The molecule has 6 heteroatoms. The third-order valence-electron chi connectivity index (χ3n) is 3.03. The molecule has 2 aromatic rings. The average molecular weight is 312 g/mol. The van der Waals surface area contributed by atoms with Crippen LogP contribution in [0, 0.1) is 6.92 Å². The minimum atomic E-state index is 0.815. The van der Waals surface area contributed by atoms with Crippen LogP contribution in [0.25, 0.3) is 0 Å². The first-order valence-corrected chi connectivity index (χ1v) is 6.74. The van der Waals surface area contributed by atoms with Crippen molar-refractivity contribution < 1.29 is 0 Å². The van der Waals surface area contributed by atoms with E-state index in [-0.39, 0.29) is 0 Å². The predicted molar refractivity (Wildman–Crippen MR) is 74.3 cm³/mol. The van der Waals surface area contributed by atoms with Gasteiger partial charge in [0.05, 0.1) is 15.9 Å². The molecule has 0 amide bonds. The molecule has 0 radical (unpaired) electrons. The van der Waals surface area contributed by atoms with Gasteiger partial charge in [0.2, 0.25) is 0 Å². The molecule has 0 spiro atoms. The molecule has 0 aliphatic heterocycles. The summed E-state index contributed by atoms with van der Waals surface area (Å²) in [7, 11) is 3.94. The minimum absolute atomic E-state index is 0.815. The standard InChI is InChI=1S/C12H18BrN5/c1-9-12(13)11(18(3)16-9)8-14-6-4-10-5-7-15-17(10)2/h5,7,14H,4,6,8H2,1-3H3. The summed E-state index contributed by atoms with van der Waals surface area (Å²) in [5, 5.41) is 12.0. The van der Waals surface area contributed by atoms with Gasteiger partial charge in [-0.15, -0.1) is 0 Å². The Kier molecular flexibility index (Phi) is 4.19. The van der Waals surface area contributed by atoms with Gasteiger partial charge >= 0.3 is 0 Å². The van der Waals surface area contributed by atoms with E-state index in [0.717, 1.165) is 29.7 Å². The van der Waals surface area contributed by atoms with E-state index >= 15 is 0 Å². The molecular weight excluding hydrogens is 294 g/mol. The van der Waals surface area contributed by atoms with Gasteiger partial charge in [-0.2, -0.15) is 10.2 Å². The molecule has 0 unspecified atom stereocenters. The highest BCUT2D eigenvalue weighted by Gasteiger charge is 2.09. The Morgan fingerprint density at radius 3 is 2.67 bits per heavy atom. The van der Waals surface area contributed by atoms with Gasteiger partial charge in [0, 0.05) is 45.5 Å². The lowest BCUT2D eigenvalue weighted by molar-refractivity contribution is 0.607. The highest BCUT2D eigenvalue weighted by Crippen LogP contribution is 2.19. The maximum absolute atomic E-state index is 4.37. The van der Waals surface area contributed by atoms with E-state index in [1.807, 2.05) is 42.6 Å². The van der Waals surface area contributed by atoms with Crippen molar-refractivity contribution >= 4 is 15.9 Å². The number of nitrogens with one attached hydrogen (secondary N) is 1. The summed E-state index contributed by atoms with van der Waals surface area (Å²) < 4.78 is 4.92. The fourth-order valence-electron chi connectivity index (χ4n) is 1.94. The minimum Gasteiger partial charge on any atom is -0.311 e. The number of hydrogen-bond acceptors (Lipinski definition) is 3. The van der Waals surface area contributed by atoms with Crippen LogP contribution in [0.4, 0.5) is 0 Å². The molecule has 0 saturated carbocycles. The Balaban J connectivity index is 1.84. The summed E-state index contributed by atoms with van der Waals surface area (Å²) >= 11 is 3.57. The molecule has 0 fully saturated rings. The molecule has 2 heterocycles. The Labute approximate surface area is 115 Å². The number of aryl methyl sites for hydroxylation is 3. The molecule has 0 saturated heterocycles. The second-order valence-corrected chi connectivity index (χ2v) is 5.14. The molecular formula is C12H18BrN5. The van der Waals surface area contributed by atoms with Gasteiger partial charge in [-0.25, -0.2) is 0 Å². The van der Waals surface area contributed by atoms with Crippen LogP contribution in [0.5, 0.6) is 0 Å². The van der Waals surface area contributed by atoms with Gasteiger partial charge < -0.3 is 5.32 Å². The van der Waals surface area contributed by atoms with E-state index in [2.05, 4.69) is 31.4 Å². The van der Waals surface area contributed by atoms with E-state index in [1.165, 1.54) is 11.4 Å². The molecule has 98 valence electrons. The quantitative estimate of drug-likeness (QED) is 0.852. The zero-order chi connectivity index (χ0) is 13.1. The second kappa shape index (κ2) is 5.67. The first kappa shape index (κ1) is 13.3. The molecule has 1 N–H and O–H groups in total. The Morgan fingerprint density at radius 2 is 2.11 bits per heavy atom. The molecule has 0 aromatic carbocycles. The lowest BCUT2D eigenvalue weighted by atomic mass is 10.3. The summed E-state index contributed by atoms with van der Waals surface area (Å²) in [5.74, 6) is 0. The highest BCUT2D eigenvalue weighted by molar-refractivity contribution is 9.10. The van der Waals surface area contributed by atoms with E-state index in [9.17, 15) is 0 Å². The molecule has 18 heavy (non-hydrogen) atoms. The van der Waals surface area contributed by atoms with Gasteiger partial charge in [0.1, 0.15) is 0 Å². The maximum atomic E-state index is 4.37. The summed E-state index contributed by atoms with van der Waals surface area (Å²) in [5.41, 5.74) is 3.45. The predicted octanol–water partition coefficient (Wildman–Crippen LogP) is 1.56. The van der Waals surface area contributed by atoms with E-state index in [1.54, 1.807) is 0 Å². The van der Waals surface area contributed by atoms with Crippen molar-refractivity contribution in [2.45, 2.75) is 19.9 Å². The molecule has 0 aliphatic carbocycles. The van der Waals surface area contributed by atoms with Crippen LogP contribution in [-0.2, 0) is 27.1 Å². The van der Waals surface area contributed by atoms with Crippen molar-refractivity contribution in [1.29, 1.82) is 0 Å². The van der Waals surface area contributed by atoms with Gasteiger partial charge in [0.15, 0.2) is 0 Å². The lowest BCUT2D eigenvalue weighted by Gasteiger charge is -2.06. The van der Waals surface area contributed by atoms with Crippen LogP contribution in [0.1, 0.15) is 17.1 Å². The fourth-order valence-corrected chi connectivity index (χ4v) is 2.42. The van der Waals surface area contributed by atoms with Crippen molar-refractivity contribution in [1.82, 2.24) is 24.9 Å². The number of hydrogen-bond donors (Lipinski definition) is 1. The largest absolute Gasteiger partial charge is 0.311 e. The van der Waals surface area contributed by atoms with Crippen LogP contribution in [0.15, 0.2) is 16.7 Å². The Bertz CT molecular complexity index is 529. The van der Waals surface area contributed by atoms with Gasteiger partial charge in [-0.1, -0.05) is 0 Å². The van der Waals surface area contributed by atoms with Crippen LogP contribution >= 0.6 is 15.9 Å². The maximum Gasteiger partial charge on any atom is 0.0739 e. The van der Waals surface area contributed by atoms with E-state index in [0.29, 0.717) is 0 Å². The van der Waals surface area contributed by atoms with Crippen LogP contribution in [0.3, 0.4) is 0 Å². The number of nitrogens with zero attached hydrogens (tertiary/aromatic N) is 4. The monoisotopic (exact) mass is 311 g/mol. The molecule has 2 rings (SSSR count). The summed E-state index contributed by atoms with van der Waals surface area (Å²) in [4.78, 5) is 0. The molecule has 2 aromatic heterocycles. The second-order valence-electron chi connectivity index (χ2n) is 4.34. The summed E-state index contributed by atoms with van der Waals surface area (Å²) in [6.45, 7) is 3.75. The third kappa shape index (κ3) is 2.81. The normalized spacial score (nSPS) is 11.1. The van der Waals surface area contributed by atoms with Crippen molar-refractivity contribution in [3.63, 3.8) is 0 Å². The number of halogens is 1. The Hall–Kier alpha value is -1.14. The van der Waals surface area contributed by atoms with Crippen LogP contribution < -0.4 is 5.32 Å². The molecule has 0 bridgehead atoms. The van der Waals surface area contributed by atoms with Gasteiger partial charge in [0.25, 0.3) is 0 Å². The smallest absolute Gasteiger partial charge is 0.0739 e. The third-order valence-corrected chi connectivity index (χ3v) is 4.07. The topological polar surface area (TPSA) is 47.7 Å². The zero-order valence-corrected chi connectivity index (χ0v) is 12.5. The average Bonchev–Trinajstić information content (AvgIpc) is 2.83. The van der Waals surface area contributed by atoms with Crippen molar-refractivity contribution in [2.24, 2.45) is 14.1 Å². The van der Waals surface area contributed by atoms with Crippen molar-refractivity contribution in [3.05, 3.63) is 33.8 Å². The summed E-state index contributed by atoms with van der Waals surface area (Å²) in [6.07, 6.45) is 2.81. The highest BCUT2D eigenvalue weighted by atomic mass is 79.9. The van der Waals surface area contributed by atoms with E-state index < -0.39 is 0 Å². The van der Waals surface area contributed by atoms with Crippen molar-refractivity contribution in [3.8, 4) is 0 Å². The SMILES string of the molecule is Cc1nn(C)c(CNCCc2ccnn2C)c1Br. The van der Waals surface area contributed by atoms with Gasteiger partial charge in [-0.05, 0) is 28.9 Å². The number of aromatic nitrogens is 4. The van der Waals surface area contributed by atoms with Crippen LogP contribution in [0.2, 0.25) is 0 Å². The molecule has 0 atom stereocenters. The lowest BCUT2D eigenvalue weighted by Crippen LogP contribution is -2.19. The van der Waals surface area contributed by atoms with Crippen LogP contribution in [-0.4, -0.2) is 26.1 Å². The Morgan fingerprint density at radius 1 is 1.33 bits per heavy atom. The first-order chi connectivity index (χ1) is 8.59. The molecule has 5 nitrogen and oxygen atoms in total. The zero-order valence-electron chi connectivity index (χ0n) is 10.9.